The molecule has 2 rings (SSSR count). The van der Waals surface area contributed by atoms with Crippen LogP contribution in [0.3, 0.4) is 0 Å². The van der Waals surface area contributed by atoms with Gasteiger partial charge in [0.15, 0.2) is 0 Å². The lowest BCUT2D eigenvalue weighted by Crippen LogP contribution is -2.46. The highest BCUT2D eigenvalue weighted by molar-refractivity contribution is 9.12. The third kappa shape index (κ3) is 5.88. The Labute approximate surface area is 165 Å². The van der Waals surface area contributed by atoms with E-state index in [0.717, 1.165) is 24.8 Å². The number of carbonyl (C=O) groups excluding carboxylic acids is 1. The minimum atomic E-state index is -0.520. The number of alkyl halides is 2. The van der Waals surface area contributed by atoms with Crippen molar-refractivity contribution in [3.05, 3.63) is 29.0 Å². The highest BCUT2D eigenvalue weighted by atomic mass is 79.9. The molecule has 1 aliphatic rings. The lowest BCUT2D eigenvalue weighted by molar-refractivity contribution is 0.0105. The van der Waals surface area contributed by atoms with Crippen molar-refractivity contribution in [2.45, 2.75) is 67.9 Å². The Morgan fingerprint density at radius 2 is 2.04 bits per heavy atom. The smallest absolute Gasteiger partial charge is 0.410 e. The minimum absolute atomic E-state index is 0.133. The molecule has 1 aromatic heterocycles. The molecule has 1 saturated carbocycles. The minimum Gasteiger partial charge on any atom is -0.444 e. The van der Waals surface area contributed by atoms with E-state index in [-0.39, 0.29) is 12.1 Å². The first-order chi connectivity index (χ1) is 11.2. The molecule has 1 fully saturated rings. The Balaban J connectivity index is 2.17. The zero-order chi connectivity index (χ0) is 17.9. The fraction of sp³-hybridized carbons (Fsp3) is 0.647. The molecule has 0 saturated heterocycles. The summed E-state index contributed by atoms with van der Waals surface area (Å²) in [4.78, 5) is 19.5. The second-order valence-electron chi connectivity index (χ2n) is 7.10. The van der Waals surface area contributed by atoms with Gasteiger partial charge in [0.2, 0.25) is 0 Å². The van der Waals surface area contributed by atoms with E-state index in [1.165, 1.54) is 0 Å². The quantitative estimate of drug-likeness (QED) is 0.419. The molecule has 3 atom stereocenters. The van der Waals surface area contributed by atoms with Crippen LogP contribution in [0.5, 0.6) is 0 Å². The average molecular weight is 483 g/mol. The molecular weight excluding hydrogens is 459 g/mol. The van der Waals surface area contributed by atoms with Crippen molar-refractivity contribution in [3.8, 4) is 0 Å². The first-order valence-corrected chi connectivity index (χ1v) is 10.2. The molecule has 0 spiro atoms. The van der Waals surface area contributed by atoms with Crippen molar-refractivity contribution in [1.29, 1.82) is 0 Å². The Morgan fingerprint density at radius 1 is 1.33 bits per heavy atom. The van der Waals surface area contributed by atoms with Crippen molar-refractivity contribution in [2.75, 3.05) is 0 Å². The fourth-order valence-corrected chi connectivity index (χ4v) is 3.99. The second kappa shape index (κ2) is 8.37. The van der Waals surface area contributed by atoms with Gasteiger partial charge in [-0.1, -0.05) is 49.5 Å². The number of carbonyl (C=O) groups is 1. The summed E-state index contributed by atoms with van der Waals surface area (Å²) in [6, 6.07) is 3.77. The molecule has 1 aromatic rings. The number of halogens is 3. The molecule has 24 heavy (non-hydrogen) atoms. The highest BCUT2D eigenvalue weighted by Crippen LogP contribution is 2.33. The van der Waals surface area contributed by atoms with Crippen molar-refractivity contribution < 1.29 is 9.53 Å². The molecule has 134 valence electrons. The number of nitrogens with zero attached hydrogens (tertiary/aromatic N) is 2. The molecule has 1 aliphatic carbocycles. The fourth-order valence-electron chi connectivity index (χ4n) is 2.70. The Morgan fingerprint density at radius 3 is 2.58 bits per heavy atom. The molecule has 0 radical (unpaired) electrons. The zero-order valence-electron chi connectivity index (χ0n) is 14.1. The molecule has 0 N–H and O–H groups in total. The molecule has 0 unspecified atom stereocenters. The van der Waals surface area contributed by atoms with E-state index in [1.807, 2.05) is 31.7 Å². The second-order valence-corrected chi connectivity index (χ2v) is 9.84. The number of hydrogen-bond donors (Lipinski definition) is 0. The number of rotatable bonds is 3. The summed E-state index contributed by atoms with van der Waals surface area (Å²) in [7, 11) is 0. The van der Waals surface area contributed by atoms with Gasteiger partial charge < -0.3 is 9.64 Å². The van der Waals surface area contributed by atoms with Gasteiger partial charge in [-0.25, -0.2) is 9.78 Å². The van der Waals surface area contributed by atoms with E-state index in [4.69, 9.17) is 16.3 Å². The Hall–Kier alpha value is -0.330. The van der Waals surface area contributed by atoms with Gasteiger partial charge >= 0.3 is 6.09 Å². The van der Waals surface area contributed by atoms with Gasteiger partial charge in [0, 0.05) is 21.9 Å². The maximum Gasteiger partial charge on any atom is 0.410 e. The molecule has 0 aliphatic heterocycles. The first kappa shape index (κ1) is 20.0. The molecule has 4 nitrogen and oxygen atoms in total. The van der Waals surface area contributed by atoms with Gasteiger partial charge in [0.1, 0.15) is 10.8 Å². The Kier molecular flexibility index (Phi) is 6.97. The van der Waals surface area contributed by atoms with Crippen LogP contribution >= 0.6 is 43.5 Å². The van der Waals surface area contributed by atoms with Gasteiger partial charge in [-0.05, 0) is 51.7 Å². The largest absolute Gasteiger partial charge is 0.444 e. The van der Waals surface area contributed by atoms with Crippen molar-refractivity contribution in [3.63, 3.8) is 0 Å². The van der Waals surface area contributed by atoms with Crippen LogP contribution in [0, 0.1) is 0 Å². The van der Waals surface area contributed by atoms with Crippen molar-refractivity contribution in [2.24, 2.45) is 0 Å². The van der Waals surface area contributed by atoms with Crippen LogP contribution in [0.2, 0.25) is 5.15 Å². The van der Waals surface area contributed by atoms with E-state index >= 15 is 0 Å². The molecule has 0 aromatic carbocycles. The third-order valence-electron chi connectivity index (χ3n) is 3.88. The van der Waals surface area contributed by atoms with E-state index < -0.39 is 5.60 Å². The van der Waals surface area contributed by atoms with E-state index in [2.05, 4.69) is 36.8 Å². The van der Waals surface area contributed by atoms with Crippen LogP contribution in [0.4, 0.5) is 4.79 Å². The highest BCUT2D eigenvalue weighted by Gasteiger charge is 2.34. The van der Waals surface area contributed by atoms with Crippen LogP contribution in [0.25, 0.3) is 0 Å². The van der Waals surface area contributed by atoms with Crippen LogP contribution < -0.4 is 0 Å². The van der Waals surface area contributed by atoms with Crippen LogP contribution in [0.15, 0.2) is 18.3 Å². The maximum atomic E-state index is 12.7. The van der Waals surface area contributed by atoms with Gasteiger partial charge in [-0.15, -0.1) is 0 Å². The van der Waals surface area contributed by atoms with E-state index in [9.17, 15) is 4.79 Å². The van der Waals surface area contributed by atoms with Gasteiger partial charge in [-0.2, -0.15) is 0 Å². The molecule has 1 heterocycles. The summed E-state index contributed by atoms with van der Waals surface area (Å²) >= 11 is 13.3. The number of aromatic nitrogens is 1. The number of hydrogen-bond acceptors (Lipinski definition) is 3. The summed E-state index contributed by atoms with van der Waals surface area (Å²) in [6.45, 7) is 6.12. The summed E-state index contributed by atoms with van der Waals surface area (Å²) in [5.41, 5.74) is 0.422. The topological polar surface area (TPSA) is 42.4 Å². The number of amides is 1. The SMILES string of the molecule is CC(C)(C)OC(=O)N(Cc1ccc(Cl)nc1)[C@@H]1CC[C@H](Br)[C@@H](Br)C1. The van der Waals surface area contributed by atoms with Gasteiger partial charge in [0.05, 0.1) is 6.54 Å². The predicted molar refractivity (Wildman–Crippen MR) is 104 cm³/mol. The summed E-state index contributed by atoms with van der Waals surface area (Å²) in [5, 5.41) is 0.447. The van der Waals surface area contributed by atoms with E-state index in [1.54, 1.807) is 12.3 Å². The van der Waals surface area contributed by atoms with E-state index in [0.29, 0.717) is 21.4 Å². The summed E-state index contributed by atoms with van der Waals surface area (Å²) < 4.78 is 5.62. The predicted octanol–water partition coefficient (Wildman–Crippen LogP) is 5.55. The standard InChI is InChI=1S/C17H23Br2ClN2O2/c1-17(2,3)24-16(23)22(10-11-4-7-15(20)21-9-11)12-5-6-13(18)14(19)8-12/h4,7,9,12-14H,5-6,8,10H2,1-3H3/t12-,13+,14+/m1/s1. The number of pyridine rings is 1. The van der Waals surface area contributed by atoms with Crippen LogP contribution in [-0.2, 0) is 11.3 Å². The van der Waals surface area contributed by atoms with Crippen LogP contribution in [-0.4, -0.2) is 37.3 Å². The molecule has 0 bridgehead atoms. The molecule has 1 amide bonds. The van der Waals surface area contributed by atoms with Crippen LogP contribution in [0.1, 0.15) is 45.6 Å². The first-order valence-electron chi connectivity index (χ1n) is 8.04. The van der Waals surface area contributed by atoms with Crippen molar-refractivity contribution in [1.82, 2.24) is 9.88 Å². The molecule has 7 heteroatoms. The normalized spacial score (nSPS) is 24.5. The summed E-state index contributed by atoms with van der Waals surface area (Å²) in [6.07, 6.45) is 4.27. The van der Waals surface area contributed by atoms with Gasteiger partial charge in [-0.3, -0.25) is 0 Å². The third-order valence-corrected chi connectivity index (χ3v) is 6.92. The van der Waals surface area contributed by atoms with Crippen molar-refractivity contribution >= 4 is 49.6 Å². The zero-order valence-corrected chi connectivity index (χ0v) is 18.1. The lowest BCUT2D eigenvalue weighted by atomic mass is 9.94. The summed E-state index contributed by atoms with van der Waals surface area (Å²) in [5.74, 6) is 0. The Bertz CT molecular complexity index is 563. The number of ether oxygens (including phenoxy) is 1. The maximum absolute atomic E-state index is 12.7. The average Bonchev–Trinajstić information content (AvgIpc) is 2.48. The molecular formula is C17H23Br2ClN2O2. The lowest BCUT2D eigenvalue weighted by Gasteiger charge is -2.38. The monoisotopic (exact) mass is 480 g/mol. The van der Waals surface area contributed by atoms with Gasteiger partial charge in [0.25, 0.3) is 0 Å².